The van der Waals surface area contributed by atoms with Crippen LogP contribution in [0.4, 0.5) is 0 Å². The molecule has 2 aromatic carbocycles. The third-order valence-corrected chi connectivity index (χ3v) is 5.93. The standard InChI is InChI=1S/C27H30N2O3/c1-4-32-18-20-7-9-22(10-8-20)27(30)29-15-5-6-26(29)25-17-23(16-19(2)28-25)21-11-13-24(31-3)14-12-21/h7-14,16-17,26H,4-6,15,18H2,1-3H3/t26-/m1/s1. The Hall–Kier alpha value is -3.18. The van der Waals surface area contributed by atoms with Gasteiger partial charge in [0.25, 0.3) is 5.91 Å². The number of hydrogen-bond acceptors (Lipinski definition) is 4. The van der Waals surface area contributed by atoms with Crippen molar-refractivity contribution in [3.63, 3.8) is 0 Å². The molecule has 3 aromatic rings. The highest BCUT2D eigenvalue weighted by molar-refractivity contribution is 5.94. The first-order valence-electron chi connectivity index (χ1n) is 11.2. The molecule has 1 fully saturated rings. The lowest BCUT2D eigenvalue weighted by molar-refractivity contribution is 0.0732. The molecule has 4 rings (SSSR count). The van der Waals surface area contributed by atoms with Gasteiger partial charge in [-0.15, -0.1) is 0 Å². The topological polar surface area (TPSA) is 51.7 Å². The van der Waals surface area contributed by atoms with E-state index in [1.165, 1.54) is 0 Å². The molecular formula is C27H30N2O3. The first kappa shape index (κ1) is 22.0. The number of likely N-dealkylation sites (tertiary alicyclic amines) is 1. The van der Waals surface area contributed by atoms with Crippen LogP contribution in [-0.2, 0) is 11.3 Å². The normalized spacial score (nSPS) is 15.7. The Kier molecular flexibility index (Phi) is 6.86. The number of aryl methyl sites for hydroxylation is 1. The minimum atomic E-state index is -0.0116. The Labute approximate surface area is 190 Å². The van der Waals surface area contributed by atoms with Gasteiger partial charge in [-0.2, -0.15) is 0 Å². The van der Waals surface area contributed by atoms with Gasteiger partial charge in [0, 0.05) is 24.4 Å². The Morgan fingerprint density at radius 1 is 1.06 bits per heavy atom. The largest absolute Gasteiger partial charge is 0.497 e. The van der Waals surface area contributed by atoms with Gasteiger partial charge in [-0.1, -0.05) is 24.3 Å². The van der Waals surface area contributed by atoms with Crippen LogP contribution in [0.3, 0.4) is 0 Å². The lowest BCUT2D eigenvalue weighted by Crippen LogP contribution is -2.31. The zero-order valence-corrected chi connectivity index (χ0v) is 19.0. The first-order chi connectivity index (χ1) is 15.6. The molecule has 1 amide bonds. The summed E-state index contributed by atoms with van der Waals surface area (Å²) in [5.74, 6) is 0.893. The molecule has 1 aromatic heterocycles. The minimum absolute atomic E-state index is 0.0116. The van der Waals surface area contributed by atoms with Crippen molar-refractivity contribution in [1.82, 2.24) is 9.88 Å². The van der Waals surface area contributed by atoms with Crippen LogP contribution in [0.2, 0.25) is 0 Å². The number of carbonyl (C=O) groups is 1. The van der Waals surface area contributed by atoms with E-state index in [0.717, 1.165) is 53.2 Å². The first-order valence-corrected chi connectivity index (χ1v) is 11.2. The molecule has 0 N–H and O–H groups in total. The zero-order valence-electron chi connectivity index (χ0n) is 19.0. The zero-order chi connectivity index (χ0) is 22.5. The van der Waals surface area contributed by atoms with Crippen LogP contribution >= 0.6 is 0 Å². The summed E-state index contributed by atoms with van der Waals surface area (Å²) in [6, 6.07) is 20.0. The van der Waals surface area contributed by atoms with Crippen molar-refractivity contribution in [2.24, 2.45) is 0 Å². The number of hydrogen-bond donors (Lipinski definition) is 0. The summed E-state index contributed by atoms with van der Waals surface area (Å²) in [4.78, 5) is 20.1. The molecule has 32 heavy (non-hydrogen) atoms. The average Bonchev–Trinajstić information content (AvgIpc) is 3.32. The third kappa shape index (κ3) is 4.83. The van der Waals surface area contributed by atoms with Gasteiger partial charge in [-0.3, -0.25) is 9.78 Å². The van der Waals surface area contributed by atoms with Crippen LogP contribution in [0, 0.1) is 6.92 Å². The van der Waals surface area contributed by atoms with E-state index in [-0.39, 0.29) is 11.9 Å². The van der Waals surface area contributed by atoms with Gasteiger partial charge in [-0.05, 0) is 79.8 Å². The quantitative estimate of drug-likeness (QED) is 0.491. The van der Waals surface area contributed by atoms with Gasteiger partial charge in [0.1, 0.15) is 5.75 Å². The Morgan fingerprint density at radius 3 is 2.50 bits per heavy atom. The molecule has 1 atom stereocenters. The van der Waals surface area contributed by atoms with E-state index < -0.39 is 0 Å². The monoisotopic (exact) mass is 430 g/mol. The van der Waals surface area contributed by atoms with Gasteiger partial charge in [0.2, 0.25) is 0 Å². The number of rotatable bonds is 7. The van der Waals surface area contributed by atoms with E-state index in [1.54, 1.807) is 7.11 Å². The number of methoxy groups -OCH3 is 1. The van der Waals surface area contributed by atoms with Gasteiger partial charge in [0.15, 0.2) is 0 Å². The molecule has 0 bridgehead atoms. The van der Waals surface area contributed by atoms with Crippen molar-refractivity contribution in [3.8, 4) is 16.9 Å². The van der Waals surface area contributed by atoms with Crippen molar-refractivity contribution >= 4 is 5.91 Å². The lowest BCUT2D eigenvalue weighted by Gasteiger charge is -2.25. The molecular weight excluding hydrogens is 400 g/mol. The SMILES string of the molecule is CCOCc1ccc(C(=O)N2CCC[C@@H]2c2cc(-c3ccc(OC)cc3)cc(C)n2)cc1. The molecule has 1 aliphatic rings. The van der Waals surface area contributed by atoms with E-state index in [2.05, 4.69) is 24.3 Å². The summed E-state index contributed by atoms with van der Waals surface area (Å²) < 4.78 is 10.7. The van der Waals surface area contributed by atoms with Crippen LogP contribution < -0.4 is 4.74 Å². The molecule has 5 nitrogen and oxygen atoms in total. The van der Waals surface area contributed by atoms with Crippen LogP contribution in [0.5, 0.6) is 5.75 Å². The number of amides is 1. The molecule has 1 saturated heterocycles. The molecule has 0 spiro atoms. The maximum Gasteiger partial charge on any atom is 0.254 e. The summed E-state index contributed by atoms with van der Waals surface area (Å²) in [6.45, 7) is 5.98. The van der Waals surface area contributed by atoms with E-state index in [9.17, 15) is 4.79 Å². The highest BCUT2D eigenvalue weighted by Gasteiger charge is 2.32. The minimum Gasteiger partial charge on any atom is -0.497 e. The molecule has 0 aliphatic carbocycles. The number of carbonyl (C=O) groups excluding carboxylic acids is 1. The van der Waals surface area contributed by atoms with Gasteiger partial charge < -0.3 is 14.4 Å². The predicted octanol–water partition coefficient (Wildman–Crippen LogP) is 5.58. The lowest BCUT2D eigenvalue weighted by atomic mass is 10.0. The highest BCUT2D eigenvalue weighted by atomic mass is 16.5. The van der Waals surface area contributed by atoms with E-state index in [4.69, 9.17) is 14.5 Å². The number of nitrogens with zero attached hydrogens (tertiary/aromatic N) is 2. The number of ether oxygens (including phenoxy) is 2. The van der Waals surface area contributed by atoms with Crippen LogP contribution in [-0.4, -0.2) is 36.1 Å². The van der Waals surface area contributed by atoms with E-state index in [0.29, 0.717) is 18.8 Å². The summed E-state index contributed by atoms with van der Waals surface area (Å²) in [7, 11) is 1.67. The molecule has 0 unspecified atom stereocenters. The van der Waals surface area contributed by atoms with Gasteiger partial charge in [0.05, 0.1) is 25.5 Å². The molecule has 166 valence electrons. The summed E-state index contributed by atoms with van der Waals surface area (Å²) in [5, 5.41) is 0. The number of aromatic nitrogens is 1. The van der Waals surface area contributed by atoms with Crippen LogP contribution in [0.1, 0.15) is 53.1 Å². The second kappa shape index (κ2) is 9.96. The molecule has 5 heteroatoms. The van der Waals surface area contributed by atoms with Gasteiger partial charge >= 0.3 is 0 Å². The van der Waals surface area contributed by atoms with Crippen molar-refractivity contribution in [3.05, 3.63) is 83.2 Å². The van der Waals surface area contributed by atoms with Crippen molar-refractivity contribution in [1.29, 1.82) is 0 Å². The highest BCUT2D eigenvalue weighted by Crippen LogP contribution is 2.34. The maximum absolute atomic E-state index is 13.3. The van der Waals surface area contributed by atoms with Gasteiger partial charge in [-0.25, -0.2) is 0 Å². The molecule has 1 aliphatic heterocycles. The van der Waals surface area contributed by atoms with E-state index in [1.807, 2.05) is 55.1 Å². The molecule has 0 radical (unpaired) electrons. The predicted molar refractivity (Wildman–Crippen MR) is 126 cm³/mol. The summed E-state index contributed by atoms with van der Waals surface area (Å²) >= 11 is 0. The van der Waals surface area contributed by atoms with Crippen molar-refractivity contribution in [2.45, 2.75) is 39.3 Å². The fraction of sp³-hybridized carbons (Fsp3) is 0.333. The summed E-state index contributed by atoms with van der Waals surface area (Å²) in [5.41, 5.74) is 5.90. The fourth-order valence-electron chi connectivity index (χ4n) is 4.26. The smallest absolute Gasteiger partial charge is 0.254 e. The molecule has 0 saturated carbocycles. The maximum atomic E-state index is 13.3. The second-order valence-corrected chi connectivity index (χ2v) is 8.14. The molecule has 2 heterocycles. The number of pyridine rings is 1. The Balaban J connectivity index is 1.57. The van der Waals surface area contributed by atoms with Crippen molar-refractivity contribution < 1.29 is 14.3 Å². The number of benzene rings is 2. The van der Waals surface area contributed by atoms with Crippen molar-refractivity contribution in [2.75, 3.05) is 20.3 Å². The Bertz CT molecular complexity index is 1060. The summed E-state index contributed by atoms with van der Waals surface area (Å²) in [6.07, 6.45) is 1.90. The van der Waals surface area contributed by atoms with Crippen LogP contribution in [0.15, 0.2) is 60.7 Å². The second-order valence-electron chi connectivity index (χ2n) is 8.14. The van der Waals surface area contributed by atoms with E-state index >= 15 is 0 Å². The fourth-order valence-corrected chi connectivity index (χ4v) is 4.26. The Morgan fingerprint density at radius 2 is 1.81 bits per heavy atom. The third-order valence-electron chi connectivity index (χ3n) is 5.93. The van der Waals surface area contributed by atoms with Crippen LogP contribution in [0.25, 0.3) is 11.1 Å². The average molecular weight is 431 g/mol.